The second-order valence-electron chi connectivity index (χ2n) is 8.68. The van der Waals surface area contributed by atoms with Gasteiger partial charge in [-0.25, -0.2) is 4.79 Å². The van der Waals surface area contributed by atoms with Gasteiger partial charge < -0.3 is 10.2 Å². The van der Waals surface area contributed by atoms with Gasteiger partial charge in [0.05, 0.1) is 6.10 Å². The summed E-state index contributed by atoms with van der Waals surface area (Å²) >= 11 is 14.8. The van der Waals surface area contributed by atoms with Crippen molar-refractivity contribution in [2.75, 3.05) is 0 Å². The van der Waals surface area contributed by atoms with Crippen molar-refractivity contribution in [2.45, 2.75) is 81.1 Å². The first-order valence-electron chi connectivity index (χ1n) is 11.3. The largest absolute Gasteiger partial charge is 0.477 e. The number of unbranched alkanes of at least 4 members (excludes halogenated alkanes) is 2. The number of carboxylic acids is 1. The molecule has 1 aliphatic carbocycles. The summed E-state index contributed by atoms with van der Waals surface area (Å²) < 4.78 is -0.772. The van der Waals surface area contributed by atoms with Crippen LogP contribution in [-0.4, -0.2) is 20.5 Å². The Kier molecular flexibility index (Phi) is 8.86. The van der Waals surface area contributed by atoms with Gasteiger partial charge in [0, 0.05) is 10.8 Å². The van der Waals surface area contributed by atoms with E-state index in [1.54, 1.807) is 6.07 Å². The summed E-state index contributed by atoms with van der Waals surface area (Å²) in [6, 6.07) is 11.8. The number of benzene rings is 1. The Balaban J connectivity index is 1.61. The number of aromatic carboxylic acids is 1. The molecule has 0 amide bonds. The van der Waals surface area contributed by atoms with Crippen LogP contribution in [0.25, 0.3) is 0 Å². The fraction of sp³-hybridized carbons (Fsp3) is 0.560. The number of rotatable bonds is 11. The molecule has 1 aromatic carbocycles. The lowest BCUT2D eigenvalue weighted by Gasteiger charge is -2.28. The molecule has 0 aliphatic heterocycles. The van der Waals surface area contributed by atoms with Gasteiger partial charge in [-0.1, -0.05) is 50.5 Å². The highest BCUT2D eigenvalue weighted by atomic mass is 35.5. The maximum absolute atomic E-state index is 11.1. The molecule has 3 atom stereocenters. The van der Waals surface area contributed by atoms with Crippen LogP contribution in [0.15, 0.2) is 36.4 Å². The Morgan fingerprint density at radius 1 is 1.16 bits per heavy atom. The molecule has 0 saturated heterocycles. The molecule has 3 unspecified atom stereocenters. The van der Waals surface area contributed by atoms with E-state index in [1.807, 2.05) is 18.2 Å². The van der Waals surface area contributed by atoms with Crippen LogP contribution in [0.2, 0.25) is 0 Å². The van der Waals surface area contributed by atoms with Gasteiger partial charge in [0.25, 0.3) is 0 Å². The number of carboxylic acid groups (broad SMARTS) is 1. The van der Waals surface area contributed by atoms with Gasteiger partial charge in [-0.3, -0.25) is 0 Å². The molecule has 170 valence electrons. The molecule has 3 rings (SSSR count). The number of thiophene rings is 1. The highest BCUT2D eigenvalue weighted by Crippen LogP contribution is 2.55. The Morgan fingerprint density at radius 2 is 1.90 bits per heavy atom. The zero-order valence-electron chi connectivity index (χ0n) is 18.0. The maximum atomic E-state index is 11.1. The summed E-state index contributed by atoms with van der Waals surface area (Å²) in [5.41, 5.74) is 2.09. The molecule has 1 aliphatic rings. The molecule has 1 heterocycles. The van der Waals surface area contributed by atoms with E-state index in [4.69, 9.17) is 28.3 Å². The minimum atomic E-state index is -0.861. The third kappa shape index (κ3) is 6.47. The van der Waals surface area contributed by atoms with Crippen molar-refractivity contribution >= 4 is 40.5 Å². The molecular weight excluding hydrogens is 451 g/mol. The van der Waals surface area contributed by atoms with Crippen LogP contribution in [-0.2, 0) is 6.42 Å². The van der Waals surface area contributed by atoms with Gasteiger partial charge in [0.15, 0.2) is 0 Å². The van der Waals surface area contributed by atoms with Gasteiger partial charge in [0.1, 0.15) is 9.21 Å². The topological polar surface area (TPSA) is 57.5 Å². The van der Waals surface area contributed by atoms with Crippen LogP contribution in [0.4, 0.5) is 0 Å². The SMILES string of the molecule is CCCCCC(O)c1ccc(C2C(CCCc3ccc(C(=O)O)s3)CCC2(Cl)Cl)cc1. The maximum Gasteiger partial charge on any atom is 0.345 e. The number of hydrogen-bond donors (Lipinski definition) is 2. The van der Waals surface area contributed by atoms with E-state index in [0.29, 0.717) is 10.8 Å². The van der Waals surface area contributed by atoms with E-state index in [0.717, 1.165) is 73.8 Å². The Morgan fingerprint density at radius 3 is 2.55 bits per heavy atom. The molecule has 0 spiro atoms. The van der Waals surface area contributed by atoms with Crippen LogP contribution in [0.3, 0.4) is 0 Å². The van der Waals surface area contributed by atoms with E-state index < -0.39 is 16.4 Å². The first-order valence-corrected chi connectivity index (χ1v) is 12.9. The second-order valence-corrected chi connectivity index (χ2v) is 11.4. The van der Waals surface area contributed by atoms with Crippen LogP contribution in [0.5, 0.6) is 0 Å². The summed E-state index contributed by atoms with van der Waals surface area (Å²) in [4.78, 5) is 12.6. The van der Waals surface area contributed by atoms with Gasteiger partial charge >= 0.3 is 5.97 Å². The number of hydrogen-bond acceptors (Lipinski definition) is 3. The molecule has 0 radical (unpaired) electrons. The Hall–Kier alpha value is -1.07. The zero-order valence-corrected chi connectivity index (χ0v) is 20.4. The fourth-order valence-electron chi connectivity index (χ4n) is 4.72. The average molecular weight is 484 g/mol. The van der Waals surface area contributed by atoms with Crippen molar-refractivity contribution in [3.05, 3.63) is 57.3 Å². The quantitative estimate of drug-likeness (QED) is 0.254. The van der Waals surface area contributed by atoms with Gasteiger partial charge in [-0.15, -0.1) is 34.5 Å². The van der Waals surface area contributed by atoms with Crippen molar-refractivity contribution in [2.24, 2.45) is 5.92 Å². The predicted molar refractivity (Wildman–Crippen MR) is 130 cm³/mol. The first-order chi connectivity index (χ1) is 14.8. The van der Waals surface area contributed by atoms with Gasteiger partial charge in [-0.05, 0) is 67.7 Å². The Bertz CT molecular complexity index is 847. The summed E-state index contributed by atoms with van der Waals surface area (Å²) in [5.74, 6) is -0.394. The smallest absolute Gasteiger partial charge is 0.345 e. The van der Waals surface area contributed by atoms with Crippen molar-refractivity contribution in [3.8, 4) is 0 Å². The fourth-order valence-corrected chi connectivity index (χ4v) is 6.43. The van der Waals surface area contributed by atoms with E-state index in [-0.39, 0.29) is 5.92 Å². The lowest BCUT2D eigenvalue weighted by atomic mass is 9.84. The lowest BCUT2D eigenvalue weighted by Crippen LogP contribution is -2.21. The molecule has 1 aromatic heterocycles. The normalized spacial score (nSPS) is 21.3. The standard InChI is InChI=1S/C25H32Cl2O3S/c1-2-3-4-8-21(28)17-9-11-19(12-10-17)23-18(15-16-25(23,26)27)6-5-7-20-13-14-22(31-20)24(29)30/h9-14,18,21,23,28H,2-8,15-16H2,1H3,(H,29,30). The van der Waals surface area contributed by atoms with E-state index in [1.165, 1.54) is 11.3 Å². The first kappa shape index (κ1) is 24.6. The molecule has 1 saturated carbocycles. The third-order valence-electron chi connectivity index (χ3n) is 6.41. The van der Waals surface area contributed by atoms with Crippen molar-refractivity contribution in [1.82, 2.24) is 0 Å². The van der Waals surface area contributed by atoms with E-state index in [9.17, 15) is 9.90 Å². The highest BCUT2D eigenvalue weighted by Gasteiger charge is 2.46. The molecule has 0 bridgehead atoms. The predicted octanol–water partition coefficient (Wildman–Crippen LogP) is 7.75. The van der Waals surface area contributed by atoms with Crippen molar-refractivity contribution in [3.63, 3.8) is 0 Å². The highest BCUT2D eigenvalue weighted by molar-refractivity contribution is 7.13. The number of carbonyl (C=O) groups is 1. The van der Waals surface area contributed by atoms with E-state index in [2.05, 4.69) is 19.1 Å². The number of alkyl halides is 2. The number of aliphatic hydroxyl groups excluding tert-OH is 1. The van der Waals surface area contributed by atoms with Crippen molar-refractivity contribution < 1.29 is 15.0 Å². The summed E-state index contributed by atoms with van der Waals surface area (Å²) in [7, 11) is 0. The molecule has 1 fully saturated rings. The van der Waals surface area contributed by atoms with Crippen LogP contribution < -0.4 is 0 Å². The number of aryl methyl sites for hydroxylation is 1. The molecule has 3 nitrogen and oxygen atoms in total. The van der Waals surface area contributed by atoms with Crippen LogP contribution in [0, 0.1) is 5.92 Å². The molecule has 6 heteroatoms. The van der Waals surface area contributed by atoms with Crippen molar-refractivity contribution in [1.29, 1.82) is 0 Å². The molecule has 2 N–H and O–H groups in total. The van der Waals surface area contributed by atoms with Crippen LogP contribution in [0.1, 0.15) is 96.0 Å². The molecule has 31 heavy (non-hydrogen) atoms. The summed E-state index contributed by atoms with van der Waals surface area (Å²) in [6.07, 6.45) is 8.33. The second kappa shape index (κ2) is 11.2. The number of halogens is 2. The van der Waals surface area contributed by atoms with Gasteiger partial charge in [0.2, 0.25) is 0 Å². The monoisotopic (exact) mass is 482 g/mol. The summed E-state index contributed by atoms with van der Waals surface area (Å²) in [6.45, 7) is 2.16. The van der Waals surface area contributed by atoms with Crippen LogP contribution >= 0.6 is 34.5 Å². The molecular formula is C25H32Cl2O3S. The van der Waals surface area contributed by atoms with E-state index >= 15 is 0 Å². The van der Waals surface area contributed by atoms with Gasteiger partial charge in [-0.2, -0.15) is 0 Å². The minimum absolute atomic E-state index is 0.0695. The lowest BCUT2D eigenvalue weighted by molar-refractivity contribution is 0.0702. The molecule has 2 aromatic rings. The number of aliphatic hydroxyl groups is 1. The average Bonchev–Trinajstić information content (AvgIpc) is 3.33. The Labute approximate surface area is 199 Å². The third-order valence-corrected chi connectivity index (χ3v) is 8.39. The summed E-state index contributed by atoms with van der Waals surface area (Å²) in [5, 5.41) is 19.5. The zero-order chi connectivity index (χ0) is 22.4. The minimum Gasteiger partial charge on any atom is -0.477 e.